The van der Waals surface area contributed by atoms with E-state index in [-0.39, 0.29) is 12.1 Å². The van der Waals surface area contributed by atoms with Crippen molar-refractivity contribution in [3.63, 3.8) is 0 Å². The van der Waals surface area contributed by atoms with E-state index in [1.54, 1.807) is 11.3 Å². The number of aliphatic hydroxyl groups is 1. The Labute approximate surface area is 115 Å². The van der Waals surface area contributed by atoms with Crippen LogP contribution in [0.2, 0.25) is 0 Å². The third kappa shape index (κ3) is 2.70. The van der Waals surface area contributed by atoms with E-state index >= 15 is 0 Å². The average Bonchev–Trinajstić information content (AvgIpc) is 3.17. The molecule has 0 spiro atoms. The summed E-state index contributed by atoms with van der Waals surface area (Å²) in [5.41, 5.74) is 0.810. The number of nitrogens with one attached hydrogen (secondary N) is 1. The smallest absolute Gasteiger partial charge is 0.258 e. The van der Waals surface area contributed by atoms with Crippen LogP contribution in [-0.2, 0) is 6.54 Å². The molecule has 2 aromatic heterocycles. The lowest BCUT2D eigenvalue weighted by Crippen LogP contribution is -2.45. The Kier molecular flexibility index (Phi) is 3.63. The van der Waals surface area contributed by atoms with Crippen molar-refractivity contribution >= 4 is 11.3 Å². The average molecular weight is 279 g/mol. The first-order chi connectivity index (χ1) is 9.31. The van der Waals surface area contributed by atoms with Crippen molar-refractivity contribution in [3.8, 4) is 11.5 Å². The summed E-state index contributed by atoms with van der Waals surface area (Å²) < 4.78 is 5.23. The van der Waals surface area contributed by atoms with Gasteiger partial charge in [-0.05, 0) is 24.3 Å². The van der Waals surface area contributed by atoms with Gasteiger partial charge in [-0.3, -0.25) is 0 Å². The molecule has 0 unspecified atom stereocenters. The van der Waals surface area contributed by atoms with Crippen LogP contribution in [-0.4, -0.2) is 27.4 Å². The second kappa shape index (κ2) is 5.40. The van der Waals surface area contributed by atoms with Gasteiger partial charge >= 0.3 is 0 Å². The predicted octanol–water partition coefficient (Wildman–Crippen LogP) is 2.19. The Morgan fingerprint density at radius 1 is 1.42 bits per heavy atom. The quantitative estimate of drug-likeness (QED) is 0.878. The van der Waals surface area contributed by atoms with E-state index in [0.29, 0.717) is 18.3 Å². The van der Waals surface area contributed by atoms with Gasteiger partial charge in [0.25, 0.3) is 5.89 Å². The van der Waals surface area contributed by atoms with Crippen LogP contribution in [0.4, 0.5) is 0 Å². The van der Waals surface area contributed by atoms with Crippen molar-refractivity contribution in [1.29, 1.82) is 0 Å². The molecule has 5 nitrogen and oxygen atoms in total. The fourth-order valence-electron chi connectivity index (χ4n) is 2.54. The third-order valence-electron chi connectivity index (χ3n) is 3.72. The molecule has 1 aliphatic carbocycles. The lowest BCUT2D eigenvalue weighted by molar-refractivity contribution is 0.161. The normalized spacial score (nSPS) is 17.9. The molecule has 0 aliphatic heterocycles. The second-order valence-corrected chi connectivity index (χ2v) is 5.81. The SMILES string of the molecule is OCC1(NCc2noc(-c3ccsc3)n2)CCCC1. The van der Waals surface area contributed by atoms with Gasteiger partial charge in [-0.2, -0.15) is 16.3 Å². The maximum Gasteiger partial charge on any atom is 0.258 e. The lowest BCUT2D eigenvalue weighted by Gasteiger charge is -2.27. The zero-order valence-corrected chi connectivity index (χ0v) is 11.4. The summed E-state index contributed by atoms with van der Waals surface area (Å²) in [6, 6.07) is 1.96. The summed E-state index contributed by atoms with van der Waals surface area (Å²) in [7, 11) is 0. The molecule has 0 saturated heterocycles. The summed E-state index contributed by atoms with van der Waals surface area (Å²) in [6.07, 6.45) is 4.36. The number of hydrogen-bond acceptors (Lipinski definition) is 6. The molecule has 0 amide bonds. The molecule has 6 heteroatoms. The summed E-state index contributed by atoms with van der Waals surface area (Å²) in [5, 5.41) is 20.9. The van der Waals surface area contributed by atoms with Crippen LogP contribution >= 0.6 is 11.3 Å². The number of aliphatic hydroxyl groups excluding tert-OH is 1. The summed E-state index contributed by atoms with van der Waals surface area (Å²) >= 11 is 1.60. The van der Waals surface area contributed by atoms with Gasteiger partial charge in [0, 0.05) is 10.9 Å². The fraction of sp³-hybridized carbons (Fsp3) is 0.538. The first-order valence-corrected chi connectivity index (χ1v) is 7.47. The van der Waals surface area contributed by atoms with Crippen molar-refractivity contribution in [2.45, 2.75) is 37.8 Å². The van der Waals surface area contributed by atoms with Gasteiger partial charge in [0.1, 0.15) is 0 Å². The Hall–Kier alpha value is -1.24. The van der Waals surface area contributed by atoms with Gasteiger partial charge in [-0.15, -0.1) is 0 Å². The van der Waals surface area contributed by atoms with Crippen LogP contribution < -0.4 is 5.32 Å². The Morgan fingerprint density at radius 2 is 2.26 bits per heavy atom. The molecule has 1 fully saturated rings. The molecule has 2 N–H and O–H groups in total. The number of aromatic nitrogens is 2. The van der Waals surface area contributed by atoms with Crippen molar-refractivity contribution in [3.05, 3.63) is 22.7 Å². The van der Waals surface area contributed by atoms with E-state index in [2.05, 4.69) is 15.5 Å². The van der Waals surface area contributed by atoms with Crippen molar-refractivity contribution in [1.82, 2.24) is 15.5 Å². The monoisotopic (exact) mass is 279 g/mol. The third-order valence-corrected chi connectivity index (χ3v) is 4.40. The van der Waals surface area contributed by atoms with Gasteiger partial charge in [-0.25, -0.2) is 0 Å². The van der Waals surface area contributed by atoms with Crippen molar-refractivity contribution < 1.29 is 9.63 Å². The van der Waals surface area contributed by atoms with Crippen LogP contribution in [0.5, 0.6) is 0 Å². The lowest BCUT2D eigenvalue weighted by atomic mass is 9.99. The molecule has 3 rings (SSSR count). The topological polar surface area (TPSA) is 71.2 Å². The van der Waals surface area contributed by atoms with Crippen LogP contribution in [0.1, 0.15) is 31.5 Å². The van der Waals surface area contributed by atoms with Gasteiger partial charge < -0.3 is 14.9 Å². The molecule has 102 valence electrons. The highest BCUT2D eigenvalue weighted by molar-refractivity contribution is 7.08. The number of hydrogen-bond donors (Lipinski definition) is 2. The molecule has 0 aromatic carbocycles. The van der Waals surface area contributed by atoms with Gasteiger partial charge in [-0.1, -0.05) is 18.0 Å². The summed E-state index contributed by atoms with van der Waals surface area (Å²) in [4.78, 5) is 4.36. The molecule has 1 aliphatic rings. The minimum Gasteiger partial charge on any atom is -0.394 e. The van der Waals surface area contributed by atoms with E-state index in [4.69, 9.17) is 4.52 Å². The Morgan fingerprint density at radius 3 is 2.95 bits per heavy atom. The zero-order valence-electron chi connectivity index (χ0n) is 10.6. The number of rotatable bonds is 5. The molecule has 0 radical (unpaired) electrons. The molecule has 2 heterocycles. The highest BCUT2D eigenvalue weighted by Gasteiger charge is 2.32. The van der Waals surface area contributed by atoms with E-state index < -0.39 is 0 Å². The highest BCUT2D eigenvalue weighted by atomic mass is 32.1. The van der Waals surface area contributed by atoms with Crippen LogP contribution in [0.3, 0.4) is 0 Å². The van der Waals surface area contributed by atoms with Crippen LogP contribution in [0.25, 0.3) is 11.5 Å². The molecule has 19 heavy (non-hydrogen) atoms. The molecule has 0 atom stereocenters. The van der Waals surface area contributed by atoms with Crippen LogP contribution in [0.15, 0.2) is 21.3 Å². The first kappa shape index (κ1) is 12.8. The van der Waals surface area contributed by atoms with Crippen LogP contribution in [0, 0.1) is 0 Å². The van der Waals surface area contributed by atoms with E-state index in [1.807, 2.05) is 16.8 Å². The zero-order chi connectivity index (χ0) is 13.1. The number of thiophene rings is 1. The van der Waals surface area contributed by atoms with E-state index in [0.717, 1.165) is 18.4 Å². The van der Waals surface area contributed by atoms with Gasteiger partial charge in [0.15, 0.2) is 5.82 Å². The largest absolute Gasteiger partial charge is 0.394 e. The summed E-state index contributed by atoms with van der Waals surface area (Å²) in [6.45, 7) is 0.705. The standard InChI is InChI=1S/C13H17N3O2S/c17-9-13(4-1-2-5-13)14-7-11-15-12(18-16-11)10-3-6-19-8-10/h3,6,8,14,17H,1-2,4-5,7,9H2. The Bertz CT molecular complexity index is 518. The summed E-state index contributed by atoms with van der Waals surface area (Å²) in [5.74, 6) is 1.20. The fourth-order valence-corrected chi connectivity index (χ4v) is 3.17. The minimum absolute atomic E-state index is 0.150. The van der Waals surface area contributed by atoms with E-state index in [1.165, 1.54) is 12.8 Å². The highest BCUT2D eigenvalue weighted by Crippen LogP contribution is 2.29. The molecule has 2 aromatic rings. The molecule has 1 saturated carbocycles. The van der Waals surface area contributed by atoms with E-state index in [9.17, 15) is 5.11 Å². The maximum atomic E-state index is 9.52. The molecular formula is C13H17N3O2S. The minimum atomic E-state index is -0.150. The molecule has 0 bridgehead atoms. The van der Waals surface area contributed by atoms with Gasteiger partial charge in [0.05, 0.1) is 18.7 Å². The first-order valence-electron chi connectivity index (χ1n) is 6.52. The second-order valence-electron chi connectivity index (χ2n) is 5.03. The van der Waals surface area contributed by atoms with Crippen molar-refractivity contribution in [2.75, 3.05) is 6.61 Å². The van der Waals surface area contributed by atoms with Gasteiger partial charge in [0.2, 0.25) is 0 Å². The number of nitrogens with zero attached hydrogens (tertiary/aromatic N) is 2. The predicted molar refractivity (Wildman–Crippen MR) is 72.7 cm³/mol. The maximum absolute atomic E-state index is 9.52. The Balaban J connectivity index is 1.64. The van der Waals surface area contributed by atoms with Crippen molar-refractivity contribution in [2.24, 2.45) is 0 Å². The molecular weight excluding hydrogens is 262 g/mol.